The Morgan fingerprint density at radius 1 is 1.23 bits per heavy atom. The summed E-state index contributed by atoms with van der Waals surface area (Å²) in [6, 6.07) is 11.0. The number of ether oxygens (including phenoxy) is 1. The molecule has 3 aromatic rings. The van der Waals surface area contributed by atoms with Gasteiger partial charge in [0.05, 0.1) is 37.3 Å². The second-order valence-corrected chi connectivity index (χ2v) is 8.01. The lowest BCUT2D eigenvalue weighted by Crippen LogP contribution is -2.43. The maximum absolute atomic E-state index is 13.6. The third-order valence-electron chi connectivity index (χ3n) is 5.59. The monoisotopic (exact) mass is 477 g/mol. The van der Waals surface area contributed by atoms with E-state index in [9.17, 15) is 18.4 Å². The molecule has 0 unspecified atom stereocenters. The van der Waals surface area contributed by atoms with Gasteiger partial charge in [0.25, 0.3) is 11.8 Å². The summed E-state index contributed by atoms with van der Waals surface area (Å²) in [6.07, 6.45) is 6.16. The van der Waals surface area contributed by atoms with Crippen molar-refractivity contribution < 1.29 is 23.1 Å². The number of methoxy groups -OCH3 is 1. The third kappa shape index (κ3) is 5.41. The zero-order valence-corrected chi connectivity index (χ0v) is 18.7. The molecule has 0 radical (unpaired) electrons. The smallest absolute Gasteiger partial charge is 0.268 e. The average Bonchev–Trinajstić information content (AvgIpc) is 3.20. The first kappa shape index (κ1) is 23.8. The molecule has 178 valence electrons. The lowest BCUT2D eigenvalue weighted by molar-refractivity contribution is -0.131. The largest absolute Gasteiger partial charge is 0.481 e. The van der Waals surface area contributed by atoms with Gasteiger partial charge in [0.1, 0.15) is 6.04 Å². The van der Waals surface area contributed by atoms with Crippen molar-refractivity contribution in [1.29, 1.82) is 5.26 Å². The minimum absolute atomic E-state index is 0.285. The number of rotatable bonds is 6. The van der Waals surface area contributed by atoms with Crippen molar-refractivity contribution in [3.8, 4) is 11.9 Å². The number of nitriles is 1. The summed E-state index contributed by atoms with van der Waals surface area (Å²) in [6.45, 7) is -1.33. The van der Waals surface area contributed by atoms with E-state index in [0.717, 1.165) is 16.0 Å². The van der Waals surface area contributed by atoms with Gasteiger partial charge in [0.2, 0.25) is 11.8 Å². The number of nitrogens with zero attached hydrogens (tertiary/aromatic N) is 4. The van der Waals surface area contributed by atoms with Crippen LogP contribution < -0.4 is 10.1 Å². The number of hydrogen-bond donors (Lipinski definition) is 1. The average molecular weight is 477 g/mol. The first-order valence-corrected chi connectivity index (χ1v) is 10.7. The Morgan fingerprint density at radius 2 is 2.00 bits per heavy atom. The van der Waals surface area contributed by atoms with Crippen LogP contribution in [-0.2, 0) is 4.79 Å². The van der Waals surface area contributed by atoms with Crippen molar-refractivity contribution >= 4 is 34.9 Å². The molecule has 4 rings (SSSR count). The SMILES string of the molecule is COc1ccc(/C=C/c2ccc3nccc(C(=O)NCC(=O)N4CC(F)(F)C[C@H]4C#N)c3c2)cn1. The van der Waals surface area contributed by atoms with Crippen LogP contribution >= 0.6 is 0 Å². The standard InChI is InChI=1S/C25H21F2N5O3/c1-35-22-7-5-17(13-30-22)3-2-16-4-6-21-20(10-16)19(8-9-29-21)24(34)31-14-23(33)32-15-25(26,27)11-18(32)12-28/h2-10,13,18H,11,14-15H2,1H3,(H,31,34)/b3-2+/t18-/m0/s1. The topological polar surface area (TPSA) is 108 Å². The summed E-state index contributed by atoms with van der Waals surface area (Å²) >= 11 is 0. The van der Waals surface area contributed by atoms with E-state index in [1.54, 1.807) is 37.6 Å². The summed E-state index contributed by atoms with van der Waals surface area (Å²) in [4.78, 5) is 34.5. The number of carbonyl (C=O) groups is 2. The van der Waals surface area contributed by atoms with Gasteiger partial charge in [-0.05, 0) is 35.4 Å². The number of alkyl halides is 2. The molecule has 3 heterocycles. The maximum Gasteiger partial charge on any atom is 0.268 e. The fraction of sp³-hybridized carbons (Fsp3) is 0.240. The number of carbonyl (C=O) groups excluding carboxylic acids is 2. The number of amides is 2. The van der Waals surface area contributed by atoms with Gasteiger partial charge in [0, 0.05) is 30.3 Å². The van der Waals surface area contributed by atoms with Crippen molar-refractivity contribution in [3.63, 3.8) is 0 Å². The second kappa shape index (κ2) is 9.85. The zero-order chi connectivity index (χ0) is 25.0. The molecule has 2 amide bonds. The van der Waals surface area contributed by atoms with E-state index >= 15 is 0 Å². The van der Waals surface area contributed by atoms with E-state index in [2.05, 4.69) is 15.3 Å². The highest BCUT2D eigenvalue weighted by atomic mass is 19.3. The van der Waals surface area contributed by atoms with E-state index in [0.29, 0.717) is 16.8 Å². The highest BCUT2D eigenvalue weighted by Gasteiger charge is 2.47. The van der Waals surface area contributed by atoms with Crippen molar-refractivity contribution in [2.45, 2.75) is 18.4 Å². The zero-order valence-electron chi connectivity index (χ0n) is 18.7. The minimum atomic E-state index is -3.12. The normalized spacial score (nSPS) is 16.9. The quantitative estimate of drug-likeness (QED) is 0.584. The summed E-state index contributed by atoms with van der Waals surface area (Å²) in [7, 11) is 1.54. The van der Waals surface area contributed by atoms with Crippen molar-refractivity contribution in [3.05, 3.63) is 65.5 Å². The first-order valence-electron chi connectivity index (χ1n) is 10.7. The van der Waals surface area contributed by atoms with Gasteiger partial charge in [-0.1, -0.05) is 18.2 Å². The molecular formula is C25H21F2N5O3. The molecule has 1 saturated heterocycles. The Labute approximate surface area is 199 Å². The molecule has 1 fully saturated rings. The molecule has 8 nitrogen and oxygen atoms in total. The Kier molecular flexibility index (Phi) is 6.68. The summed E-state index contributed by atoms with van der Waals surface area (Å²) < 4.78 is 32.3. The number of benzene rings is 1. The molecule has 0 aliphatic carbocycles. The van der Waals surface area contributed by atoms with Gasteiger partial charge >= 0.3 is 0 Å². The Morgan fingerprint density at radius 3 is 2.71 bits per heavy atom. The lowest BCUT2D eigenvalue weighted by atomic mass is 10.0. The predicted molar refractivity (Wildman–Crippen MR) is 124 cm³/mol. The number of hydrogen-bond acceptors (Lipinski definition) is 6. The number of nitrogens with one attached hydrogen (secondary N) is 1. The Balaban J connectivity index is 1.49. The second-order valence-electron chi connectivity index (χ2n) is 8.01. The molecule has 1 atom stereocenters. The van der Waals surface area contributed by atoms with E-state index in [1.165, 1.54) is 12.3 Å². The van der Waals surface area contributed by atoms with Gasteiger partial charge in [-0.2, -0.15) is 5.26 Å². The number of likely N-dealkylation sites (tertiary alicyclic amines) is 1. The van der Waals surface area contributed by atoms with Gasteiger partial charge < -0.3 is 15.0 Å². The summed E-state index contributed by atoms with van der Waals surface area (Å²) in [5.41, 5.74) is 2.53. The number of aromatic nitrogens is 2. The van der Waals surface area contributed by atoms with Crippen LogP contribution in [0.15, 0.2) is 48.8 Å². The fourth-order valence-electron chi connectivity index (χ4n) is 3.82. The highest BCUT2D eigenvalue weighted by Crippen LogP contribution is 2.31. The van der Waals surface area contributed by atoms with Crippen molar-refractivity contribution in [2.24, 2.45) is 0 Å². The fourth-order valence-corrected chi connectivity index (χ4v) is 3.82. The molecule has 35 heavy (non-hydrogen) atoms. The number of halogens is 2. The summed E-state index contributed by atoms with van der Waals surface area (Å²) in [5, 5.41) is 12.1. The molecule has 1 aliphatic rings. The van der Waals surface area contributed by atoms with Crippen LogP contribution in [-0.4, -0.2) is 58.8 Å². The molecule has 1 N–H and O–H groups in total. The van der Waals surface area contributed by atoms with Crippen molar-refractivity contribution in [1.82, 2.24) is 20.2 Å². The van der Waals surface area contributed by atoms with Crippen LogP contribution in [0.1, 0.15) is 27.9 Å². The Hall–Kier alpha value is -4.39. The van der Waals surface area contributed by atoms with Gasteiger partial charge in [0.15, 0.2) is 0 Å². The van der Waals surface area contributed by atoms with Crippen LogP contribution in [0.3, 0.4) is 0 Å². The maximum atomic E-state index is 13.6. The predicted octanol–water partition coefficient (Wildman–Crippen LogP) is 3.30. The molecule has 2 aromatic heterocycles. The van der Waals surface area contributed by atoms with Gasteiger partial charge in [-0.3, -0.25) is 14.6 Å². The highest BCUT2D eigenvalue weighted by molar-refractivity contribution is 6.07. The van der Waals surface area contributed by atoms with Crippen LogP contribution in [0.2, 0.25) is 0 Å². The lowest BCUT2D eigenvalue weighted by Gasteiger charge is -2.19. The van der Waals surface area contributed by atoms with Crippen LogP contribution in [0, 0.1) is 11.3 Å². The molecule has 0 spiro atoms. The van der Waals surface area contributed by atoms with Crippen LogP contribution in [0.5, 0.6) is 5.88 Å². The molecule has 0 saturated carbocycles. The van der Waals surface area contributed by atoms with E-state index in [-0.39, 0.29) is 5.56 Å². The molecule has 10 heteroatoms. The summed E-state index contributed by atoms with van der Waals surface area (Å²) in [5.74, 6) is -3.90. The third-order valence-corrected chi connectivity index (χ3v) is 5.59. The van der Waals surface area contributed by atoms with Crippen LogP contribution in [0.4, 0.5) is 8.78 Å². The van der Waals surface area contributed by atoms with E-state index in [1.807, 2.05) is 24.3 Å². The van der Waals surface area contributed by atoms with Crippen molar-refractivity contribution in [2.75, 3.05) is 20.2 Å². The van der Waals surface area contributed by atoms with Gasteiger partial charge in [-0.25, -0.2) is 13.8 Å². The Bertz CT molecular complexity index is 1340. The molecule has 1 aliphatic heterocycles. The van der Waals surface area contributed by atoms with Gasteiger partial charge in [-0.15, -0.1) is 0 Å². The molecule has 0 bridgehead atoms. The first-order chi connectivity index (χ1) is 16.8. The number of fused-ring (bicyclic) bond motifs is 1. The minimum Gasteiger partial charge on any atom is -0.481 e. The van der Waals surface area contributed by atoms with E-state index < -0.39 is 43.3 Å². The van der Waals surface area contributed by atoms with E-state index in [4.69, 9.17) is 10.00 Å². The number of pyridine rings is 2. The molecular weight excluding hydrogens is 456 g/mol. The van der Waals surface area contributed by atoms with Crippen LogP contribution in [0.25, 0.3) is 23.1 Å². The molecule has 1 aromatic carbocycles.